The van der Waals surface area contributed by atoms with Crippen molar-refractivity contribution >= 4 is 17.4 Å². The summed E-state index contributed by atoms with van der Waals surface area (Å²) in [5.41, 5.74) is 1.17. The van der Waals surface area contributed by atoms with Gasteiger partial charge in [-0.25, -0.2) is 0 Å². The molecular weight excluding hydrogens is 370 g/mol. The van der Waals surface area contributed by atoms with Gasteiger partial charge in [0.2, 0.25) is 0 Å². The molecule has 0 aliphatic carbocycles. The quantitative estimate of drug-likeness (QED) is 0.441. The molecule has 3 rings (SSSR count). The molecule has 1 amide bonds. The van der Waals surface area contributed by atoms with E-state index < -0.39 is 17.7 Å². The van der Waals surface area contributed by atoms with Gasteiger partial charge in [0.15, 0.2) is 0 Å². The number of carbonyl (C=O) groups excluding carboxylic acids is 2. The van der Waals surface area contributed by atoms with E-state index in [1.54, 1.807) is 48.8 Å². The summed E-state index contributed by atoms with van der Waals surface area (Å²) < 4.78 is 5.49. The summed E-state index contributed by atoms with van der Waals surface area (Å²) >= 11 is 0. The van der Waals surface area contributed by atoms with Gasteiger partial charge in [-0.1, -0.05) is 18.2 Å². The highest BCUT2D eigenvalue weighted by atomic mass is 16.5. The molecule has 0 radical (unpaired) electrons. The molecule has 1 aromatic heterocycles. The first-order valence-electron chi connectivity index (χ1n) is 9.50. The monoisotopic (exact) mass is 395 g/mol. The van der Waals surface area contributed by atoms with E-state index in [0.29, 0.717) is 36.6 Å². The SMILES string of the molecule is CCOc1cccc(C(O)=C2C(=O)C(=O)N(CCN(C)C)[C@@H]2c2cccnc2)c1. The van der Waals surface area contributed by atoms with Gasteiger partial charge >= 0.3 is 0 Å². The van der Waals surface area contributed by atoms with Crippen LogP contribution in [0.3, 0.4) is 0 Å². The first-order chi connectivity index (χ1) is 13.9. The van der Waals surface area contributed by atoms with E-state index in [1.807, 2.05) is 25.9 Å². The number of aliphatic hydroxyl groups excluding tert-OH is 1. The third kappa shape index (κ3) is 4.30. The Hall–Kier alpha value is -3.19. The number of rotatable bonds is 7. The fourth-order valence-corrected chi connectivity index (χ4v) is 3.36. The minimum atomic E-state index is -0.697. The number of ether oxygens (including phenoxy) is 1. The molecule has 0 bridgehead atoms. The first-order valence-corrected chi connectivity index (χ1v) is 9.50. The standard InChI is InChI=1S/C22H25N3O4/c1-4-29-17-9-5-7-15(13-17)20(26)18-19(16-8-6-10-23-14-16)25(12-11-24(2)3)22(28)21(18)27/h5-10,13-14,19,26H,4,11-12H2,1-3H3/t19-/m1/s1. The van der Waals surface area contributed by atoms with Gasteiger partial charge in [-0.2, -0.15) is 0 Å². The first kappa shape index (κ1) is 20.5. The van der Waals surface area contributed by atoms with E-state index in [4.69, 9.17) is 4.74 Å². The van der Waals surface area contributed by atoms with Gasteiger partial charge in [-0.05, 0) is 44.8 Å². The van der Waals surface area contributed by atoms with Crippen molar-refractivity contribution in [3.63, 3.8) is 0 Å². The van der Waals surface area contributed by atoms with Crippen molar-refractivity contribution in [2.75, 3.05) is 33.8 Å². The summed E-state index contributed by atoms with van der Waals surface area (Å²) in [5, 5.41) is 11.0. The number of aromatic nitrogens is 1. The van der Waals surface area contributed by atoms with Crippen LogP contribution in [0.2, 0.25) is 0 Å². The van der Waals surface area contributed by atoms with Crippen molar-refractivity contribution in [2.45, 2.75) is 13.0 Å². The van der Waals surface area contributed by atoms with Crippen LogP contribution in [0, 0.1) is 0 Å². The molecule has 2 heterocycles. The Balaban J connectivity index is 2.11. The molecule has 7 nitrogen and oxygen atoms in total. The van der Waals surface area contributed by atoms with Gasteiger partial charge in [0, 0.05) is 31.0 Å². The number of hydrogen-bond donors (Lipinski definition) is 1. The van der Waals surface area contributed by atoms with Crippen LogP contribution in [0.15, 0.2) is 54.4 Å². The number of aliphatic hydroxyl groups is 1. The Labute approximate surface area is 170 Å². The topological polar surface area (TPSA) is 83.0 Å². The molecule has 7 heteroatoms. The van der Waals surface area contributed by atoms with E-state index in [-0.39, 0.29) is 11.3 Å². The maximum atomic E-state index is 12.9. The molecule has 0 spiro atoms. The molecule has 1 aliphatic rings. The van der Waals surface area contributed by atoms with Gasteiger partial charge in [0.1, 0.15) is 11.5 Å². The van der Waals surface area contributed by atoms with Gasteiger partial charge in [0.25, 0.3) is 11.7 Å². The second-order valence-electron chi connectivity index (χ2n) is 7.04. The molecule has 1 aliphatic heterocycles. The third-order valence-electron chi connectivity index (χ3n) is 4.75. The Kier molecular flexibility index (Phi) is 6.29. The highest BCUT2D eigenvalue weighted by molar-refractivity contribution is 6.46. The summed E-state index contributed by atoms with van der Waals surface area (Å²) in [5.74, 6) is -0.956. The van der Waals surface area contributed by atoms with E-state index in [9.17, 15) is 14.7 Å². The highest BCUT2D eigenvalue weighted by Crippen LogP contribution is 2.39. The third-order valence-corrected chi connectivity index (χ3v) is 4.75. The average molecular weight is 395 g/mol. The van der Waals surface area contributed by atoms with Crippen molar-refractivity contribution in [3.8, 4) is 5.75 Å². The van der Waals surface area contributed by atoms with Crippen molar-refractivity contribution in [1.82, 2.24) is 14.8 Å². The van der Waals surface area contributed by atoms with Crippen LogP contribution in [0.5, 0.6) is 5.75 Å². The molecule has 1 saturated heterocycles. The summed E-state index contributed by atoms with van der Waals surface area (Å²) in [6, 6.07) is 9.71. The normalized spacial score (nSPS) is 18.5. The van der Waals surface area contributed by atoms with Gasteiger partial charge in [-0.15, -0.1) is 0 Å². The second-order valence-corrected chi connectivity index (χ2v) is 7.04. The average Bonchev–Trinajstić information content (AvgIpc) is 2.97. The van der Waals surface area contributed by atoms with Crippen LogP contribution < -0.4 is 4.74 Å². The fraction of sp³-hybridized carbons (Fsp3) is 0.318. The van der Waals surface area contributed by atoms with Gasteiger partial charge in [0.05, 0.1) is 18.2 Å². The molecule has 0 saturated carbocycles. The molecule has 1 N–H and O–H groups in total. The molecular formula is C22H25N3O4. The number of carbonyl (C=O) groups is 2. The Morgan fingerprint density at radius 2 is 2.03 bits per heavy atom. The number of benzene rings is 1. The summed E-state index contributed by atoms with van der Waals surface area (Å²) in [6.07, 6.45) is 3.24. The van der Waals surface area contributed by atoms with Crippen LogP contribution in [-0.4, -0.2) is 65.4 Å². The predicted octanol–water partition coefficient (Wildman–Crippen LogP) is 2.46. The number of hydrogen-bond acceptors (Lipinski definition) is 6. The number of pyridine rings is 1. The molecule has 1 fully saturated rings. The Bertz CT molecular complexity index is 925. The number of likely N-dealkylation sites (tertiary alicyclic amines) is 1. The van der Waals surface area contributed by atoms with Crippen molar-refractivity contribution < 1.29 is 19.4 Å². The highest BCUT2D eigenvalue weighted by Gasteiger charge is 2.46. The minimum absolute atomic E-state index is 0.0652. The maximum Gasteiger partial charge on any atom is 0.295 e. The Morgan fingerprint density at radius 1 is 1.24 bits per heavy atom. The van der Waals surface area contributed by atoms with Crippen molar-refractivity contribution in [3.05, 3.63) is 65.5 Å². The largest absolute Gasteiger partial charge is 0.507 e. The van der Waals surface area contributed by atoms with Gasteiger partial charge in [-0.3, -0.25) is 14.6 Å². The lowest BCUT2D eigenvalue weighted by molar-refractivity contribution is -0.140. The lowest BCUT2D eigenvalue weighted by atomic mass is 9.96. The predicted molar refractivity (Wildman–Crippen MR) is 109 cm³/mol. The number of Topliss-reactive ketones (excluding diaryl/α,β-unsaturated/α-hetero) is 1. The smallest absolute Gasteiger partial charge is 0.295 e. The van der Waals surface area contributed by atoms with Crippen molar-refractivity contribution in [2.24, 2.45) is 0 Å². The minimum Gasteiger partial charge on any atom is -0.507 e. The summed E-state index contributed by atoms with van der Waals surface area (Å²) in [4.78, 5) is 33.2. The van der Waals surface area contributed by atoms with E-state index >= 15 is 0 Å². The zero-order valence-electron chi connectivity index (χ0n) is 16.8. The number of nitrogens with zero attached hydrogens (tertiary/aromatic N) is 3. The zero-order chi connectivity index (χ0) is 21.0. The summed E-state index contributed by atoms with van der Waals surface area (Å²) in [7, 11) is 3.80. The van der Waals surface area contributed by atoms with Gasteiger partial charge < -0.3 is 19.6 Å². The lowest BCUT2D eigenvalue weighted by Gasteiger charge is -2.26. The molecule has 0 unspecified atom stereocenters. The van der Waals surface area contributed by atoms with E-state index in [2.05, 4.69) is 4.98 Å². The van der Waals surface area contributed by atoms with Crippen LogP contribution in [0.4, 0.5) is 0 Å². The number of likely N-dealkylation sites (N-methyl/N-ethyl adjacent to an activating group) is 1. The van der Waals surface area contributed by atoms with Crippen LogP contribution >= 0.6 is 0 Å². The molecule has 29 heavy (non-hydrogen) atoms. The molecule has 2 aromatic rings. The number of amides is 1. The van der Waals surface area contributed by atoms with Crippen molar-refractivity contribution in [1.29, 1.82) is 0 Å². The number of ketones is 1. The van der Waals surface area contributed by atoms with E-state index in [1.165, 1.54) is 4.90 Å². The maximum absolute atomic E-state index is 12.9. The van der Waals surface area contributed by atoms with E-state index in [0.717, 1.165) is 0 Å². The lowest BCUT2D eigenvalue weighted by Crippen LogP contribution is -2.35. The second kappa shape index (κ2) is 8.87. The zero-order valence-corrected chi connectivity index (χ0v) is 16.8. The molecule has 1 aromatic carbocycles. The van der Waals surface area contributed by atoms with Crippen LogP contribution in [-0.2, 0) is 9.59 Å². The van der Waals surface area contributed by atoms with Crippen LogP contribution in [0.25, 0.3) is 5.76 Å². The Morgan fingerprint density at radius 3 is 2.69 bits per heavy atom. The fourth-order valence-electron chi connectivity index (χ4n) is 3.36. The van der Waals surface area contributed by atoms with Crippen LogP contribution in [0.1, 0.15) is 24.1 Å². The molecule has 1 atom stereocenters. The molecule has 152 valence electrons. The summed E-state index contributed by atoms with van der Waals surface area (Å²) in [6.45, 7) is 3.29.